The molecule has 4 aromatic carbocycles. The first-order chi connectivity index (χ1) is 17.3. The molecule has 0 fully saturated rings. The van der Waals surface area contributed by atoms with Crippen LogP contribution < -0.4 is 31.2 Å². The number of rotatable bonds is 6. The molecule has 0 aliphatic carbocycles. The highest BCUT2D eigenvalue weighted by Gasteiger charge is 2.26. The molecule has 0 bridgehead atoms. The lowest BCUT2D eigenvalue weighted by molar-refractivity contribution is -0.669. The van der Waals surface area contributed by atoms with Crippen molar-refractivity contribution in [2.24, 2.45) is 0 Å². The fourth-order valence-electron chi connectivity index (χ4n) is 4.42. The van der Waals surface area contributed by atoms with Crippen LogP contribution in [0.25, 0.3) is 17.2 Å². The van der Waals surface area contributed by atoms with Crippen molar-refractivity contribution in [1.29, 1.82) is 0 Å². The molecule has 2 heterocycles. The Kier molecular flexibility index (Phi) is 7.01. The predicted octanol–water partition coefficient (Wildman–Crippen LogP) is 3.73. The van der Waals surface area contributed by atoms with Gasteiger partial charge in [0.1, 0.15) is 0 Å². The third kappa shape index (κ3) is 4.83. The summed E-state index contributed by atoms with van der Waals surface area (Å²) in [5, 5.41) is 0. The van der Waals surface area contributed by atoms with E-state index in [1.807, 2.05) is 66.8 Å². The molecular weight excluding hydrogens is 512 g/mol. The highest BCUT2D eigenvalue weighted by Crippen LogP contribution is 2.39. The number of para-hydroxylation sites is 4. The summed E-state index contributed by atoms with van der Waals surface area (Å²) in [4.78, 5) is 2.20. The van der Waals surface area contributed by atoms with Crippen molar-refractivity contribution in [1.82, 2.24) is 0 Å². The van der Waals surface area contributed by atoms with E-state index in [0.29, 0.717) is 0 Å². The Hall–Kier alpha value is -4.09. The summed E-state index contributed by atoms with van der Waals surface area (Å²) in [6.07, 6.45) is 6.00. The minimum Gasteiger partial charge on any atom is -1.00 e. The van der Waals surface area contributed by atoms with Crippen LogP contribution in [0, 0.1) is 0 Å². The van der Waals surface area contributed by atoms with Crippen molar-refractivity contribution in [3.8, 4) is 5.75 Å². The van der Waals surface area contributed by atoms with Crippen LogP contribution in [0.3, 0.4) is 0 Å². The molecule has 1 aromatic heterocycles. The molecule has 6 rings (SSSR count). The number of nitrogens with zero attached hydrogens (tertiary/aromatic N) is 2. The molecule has 0 N–H and O–H groups in total. The van der Waals surface area contributed by atoms with Gasteiger partial charge in [-0.1, -0.05) is 84.9 Å². The maximum Gasteiger partial charge on any atom is 0.374 e. The summed E-state index contributed by atoms with van der Waals surface area (Å²) in [5.41, 5.74) is 5.45. The standard InChI is InChI=1S/C31H25N2O2.BrH/c1-3-12-24(13-4-1)22-32-26-16-7-9-18-28(26)34-30(32)20-11-21-31-33(23-25-14-5-2-6-15-25)27-17-8-10-19-29(27)35-31;/h1-21H,22-23H2;1H/q+1;/p-1. The monoisotopic (exact) mass is 536 g/mol. The number of hydrogen-bond acceptors (Lipinski definition) is 3. The van der Waals surface area contributed by atoms with E-state index in [1.54, 1.807) is 0 Å². The average Bonchev–Trinajstić information content (AvgIpc) is 3.43. The quantitative estimate of drug-likeness (QED) is 0.310. The lowest BCUT2D eigenvalue weighted by Crippen LogP contribution is -3.00. The number of allylic oxidation sites excluding steroid dienone is 2. The summed E-state index contributed by atoms with van der Waals surface area (Å²) in [6.45, 7) is 1.46. The Labute approximate surface area is 221 Å². The van der Waals surface area contributed by atoms with Crippen molar-refractivity contribution in [2.45, 2.75) is 13.1 Å². The highest BCUT2D eigenvalue weighted by molar-refractivity contribution is 5.70. The fourth-order valence-corrected chi connectivity index (χ4v) is 4.42. The van der Waals surface area contributed by atoms with Gasteiger partial charge in [0, 0.05) is 11.6 Å². The third-order valence-corrected chi connectivity index (χ3v) is 6.12. The largest absolute Gasteiger partial charge is 1.00 e. The average molecular weight is 537 g/mol. The Balaban J connectivity index is 0.00000267. The summed E-state index contributed by atoms with van der Waals surface area (Å²) >= 11 is 0. The number of halogens is 1. The van der Waals surface area contributed by atoms with Crippen molar-refractivity contribution in [2.75, 3.05) is 4.90 Å². The summed E-state index contributed by atoms with van der Waals surface area (Å²) < 4.78 is 14.6. The molecule has 36 heavy (non-hydrogen) atoms. The molecule has 0 radical (unpaired) electrons. The van der Waals surface area contributed by atoms with Gasteiger partial charge in [0.05, 0.1) is 18.3 Å². The molecule has 1 aliphatic heterocycles. The summed E-state index contributed by atoms with van der Waals surface area (Å²) in [5.74, 6) is 2.44. The molecule has 0 amide bonds. The van der Waals surface area contributed by atoms with Crippen LogP contribution in [-0.4, -0.2) is 0 Å². The van der Waals surface area contributed by atoms with Crippen LogP contribution in [0.2, 0.25) is 0 Å². The molecule has 0 spiro atoms. The molecule has 0 atom stereocenters. The van der Waals surface area contributed by atoms with Crippen LogP contribution >= 0.6 is 0 Å². The molecule has 4 nitrogen and oxygen atoms in total. The van der Waals surface area contributed by atoms with Crippen molar-refractivity contribution in [3.05, 3.63) is 144 Å². The lowest BCUT2D eigenvalue weighted by Gasteiger charge is -2.18. The van der Waals surface area contributed by atoms with E-state index in [4.69, 9.17) is 9.15 Å². The Bertz CT molecular complexity index is 1520. The smallest absolute Gasteiger partial charge is 0.374 e. The first-order valence-electron chi connectivity index (χ1n) is 11.8. The summed E-state index contributed by atoms with van der Waals surface area (Å²) in [6, 6.07) is 37.1. The van der Waals surface area contributed by atoms with Crippen LogP contribution in [-0.2, 0) is 13.1 Å². The lowest BCUT2D eigenvalue weighted by atomic mass is 10.2. The van der Waals surface area contributed by atoms with Gasteiger partial charge >= 0.3 is 5.89 Å². The zero-order chi connectivity index (χ0) is 23.5. The van der Waals surface area contributed by atoms with Gasteiger partial charge < -0.3 is 31.0 Å². The number of oxazole rings is 1. The Morgan fingerprint density at radius 2 is 1.39 bits per heavy atom. The number of ether oxygens (including phenoxy) is 1. The van der Waals surface area contributed by atoms with Gasteiger partial charge in [-0.3, -0.25) is 0 Å². The van der Waals surface area contributed by atoms with E-state index < -0.39 is 0 Å². The number of hydrogen-bond donors (Lipinski definition) is 0. The van der Waals surface area contributed by atoms with Gasteiger partial charge in [-0.25, -0.2) is 0 Å². The topological polar surface area (TPSA) is 29.5 Å². The SMILES string of the molecule is C(=Cc1oc2ccccc2[n+]1Cc1ccccc1)C=C1Oc2ccccc2N1Cc1ccccc1.[Br-]. The highest BCUT2D eigenvalue weighted by atomic mass is 79.9. The van der Waals surface area contributed by atoms with Crippen LogP contribution in [0.4, 0.5) is 5.69 Å². The van der Waals surface area contributed by atoms with E-state index in [1.165, 1.54) is 11.1 Å². The van der Waals surface area contributed by atoms with Crippen molar-refractivity contribution < 1.29 is 30.7 Å². The number of benzene rings is 4. The molecule has 5 aromatic rings. The molecule has 1 aliphatic rings. The Morgan fingerprint density at radius 3 is 2.19 bits per heavy atom. The molecule has 0 unspecified atom stereocenters. The second-order valence-corrected chi connectivity index (χ2v) is 8.49. The maximum absolute atomic E-state index is 6.21. The van der Waals surface area contributed by atoms with Crippen molar-refractivity contribution in [3.63, 3.8) is 0 Å². The number of aromatic nitrogens is 1. The minimum atomic E-state index is 0. The van der Waals surface area contributed by atoms with E-state index in [0.717, 1.165) is 47.4 Å². The number of anilines is 1. The van der Waals surface area contributed by atoms with Gasteiger partial charge in [0.15, 0.2) is 12.3 Å². The second kappa shape index (κ2) is 10.7. The van der Waals surface area contributed by atoms with Crippen LogP contribution in [0.1, 0.15) is 17.0 Å². The molecule has 178 valence electrons. The fraction of sp³-hybridized carbons (Fsp3) is 0.0645. The Morgan fingerprint density at radius 1 is 0.722 bits per heavy atom. The molecule has 0 saturated carbocycles. The normalized spacial score (nSPS) is 13.7. The van der Waals surface area contributed by atoms with Crippen molar-refractivity contribution >= 4 is 22.9 Å². The van der Waals surface area contributed by atoms with E-state index in [9.17, 15) is 0 Å². The van der Waals surface area contributed by atoms with E-state index >= 15 is 0 Å². The zero-order valence-corrected chi connectivity index (χ0v) is 21.2. The van der Waals surface area contributed by atoms with Crippen LogP contribution in [0.15, 0.2) is 132 Å². The van der Waals surface area contributed by atoms with Gasteiger partial charge in [-0.15, -0.1) is 0 Å². The maximum atomic E-state index is 6.21. The van der Waals surface area contributed by atoms with Gasteiger partial charge in [0.25, 0.3) is 5.52 Å². The molecule has 5 heteroatoms. The van der Waals surface area contributed by atoms with Gasteiger partial charge in [-0.05, 0) is 35.9 Å². The van der Waals surface area contributed by atoms with E-state index in [2.05, 4.69) is 70.1 Å². The first kappa shape index (κ1) is 23.6. The minimum absolute atomic E-state index is 0. The first-order valence-corrected chi connectivity index (χ1v) is 11.8. The number of fused-ring (bicyclic) bond motifs is 2. The predicted molar refractivity (Wildman–Crippen MR) is 139 cm³/mol. The van der Waals surface area contributed by atoms with Crippen LogP contribution in [0.5, 0.6) is 5.75 Å². The molecular formula is C31H25BrN2O2. The zero-order valence-electron chi connectivity index (χ0n) is 19.6. The molecule has 0 saturated heterocycles. The second-order valence-electron chi connectivity index (χ2n) is 8.49. The summed E-state index contributed by atoms with van der Waals surface area (Å²) in [7, 11) is 0. The van der Waals surface area contributed by atoms with E-state index in [-0.39, 0.29) is 17.0 Å². The van der Waals surface area contributed by atoms with Gasteiger partial charge in [-0.2, -0.15) is 4.57 Å². The third-order valence-electron chi connectivity index (χ3n) is 6.12. The van der Waals surface area contributed by atoms with Gasteiger partial charge in [0.2, 0.25) is 11.5 Å².